The first-order valence-electron chi connectivity index (χ1n) is 13.3. The van der Waals surface area contributed by atoms with Crippen LogP contribution in [0.15, 0.2) is 54.6 Å². The zero-order chi connectivity index (χ0) is 25.7. The fourth-order valence-corrected chi connectivity index (χ4v) is 5.86. The summed E-state index contributed by atoms with van der Waals surface area (Å²) in [6.45, 7) is 4.28. The SMILES string of the molecule is CCCCc1c(C2CCCCC2)cc(CC)c(-c2ccccc2C(=O)O)c1-c1ccccc1C(=O)O. The van der Waals surface area contributed by atoms with Gasteiger partial charge in [-0.05, 0) is 89.1 Å². The van der Waals surface area contributed by atoms with Crippen molar-refractivity contribution in [1.82, 2.24) is 0 Å². The Bertz CT molecular complexity index is 1250. The zero-order valence-corrected chi connectivity index (χ0v) is 21.3. The molecule has 3 aromatic rings. The minimum Gasteiger partial charge on any atom is -0.478 e. The Morgan fingerprint density at radius 1 is 0.806 bits per heavy atom. The van der Waals surface area contributed by atoms with Crippen LogP contribution in [0.25, 0.3) is 22.3 Å². The molecule has 0 saturated heterocycles. The highest BCUT2D eigenvalue weighted by Crippen LogP contribution is 2.46. The van der Waals surface area contributed by atoms with Gasteiger partial charge in [0.05, 0.1) is 11.1 Å². The van der Waals surface area contributed by atoms with Crippen LogP contribution in [0, 0.1) is 0 Å². The summed E-state index contributed by atoms with van der Waals surface area (Å²) in [4.78, 5) is 24.7. The van der Waals surface area contributed by atoms with Gasteiger partial charge >= 0.3 is 11.9 Å². The number of carboxylic acid groups (broad SMARTS) is 2. The predicted octanol–water partition coefficient (Wildman–Crippen LogP) is 8.37. The molecular weight excluding hydrogens is 448 g/mol. The van der Waals surface area contributed by atoms with Crippen molar-refractivity contribution in [2.75, 3.05) is 0 Å². The minimum atomic E-state index is -0.975. The summed E-state index contributed by atoms with van der Waals surface area (Å²) in [5.74, 6) is -1.49. The number of hydrogen-bond acceptors (Lipinski definition) is 2. The molecule has 0 amide bonds. The first-order valence-corrected chi connectivity index (χ1v) is 13.3. The zero-order valence-electron chi connectivity index (χ0n) is 21.3. The predicted molar refractivity (Wildman–Crippen MR) is 145 cm³/mol. The molecule has 1 aliphatic carbocycles. The summed E-state index contributed by atoms with van der Waals surface area (Å²) in [6, 6.07) is 16.7. The molecule has 0 atom stereocenters. The summed E-state index contributed by atoms with van der Waals surface area (Å²) in [6.07, 6.45) is 9.58. The van der Waals surface area contributed by atoms with Gasteiger partial charge in [0.25, 0.3) is 0 Å². The molecule has 0 bridgehead atoms. The van der Waals surface area contributed by atoms with Gasteiger partial charge in [-0.1, -0.05) is 82.0 Å². The van der Waals surface area contributed by atoms with Crippen molar-refractivity contribution in [3.8, 4) is 22.3 Å². The first kappa shape index (κ1) is 25.7. The van der Waals surface area contributed by atoms with Crippen molar-refractivity contribution in [1.29, 1.82) is 0 Å². The lowest BCUT2D eigenvalue weighted by molar-refractivity contribution is 0.0686. The van der Waals surface area contributed by atoms with Crippen molar-refractivity contribution in [3.63, 3.8) is 0 Å². The van der Waals surface area contributed by atoms with Crippen molar-refractivity contribution in [2.24, 2.45) is 0 Å². The average Bonchev–Trinajstić information content (AvgIpc) is 2.91. The van der Waals surface area contributed by atoms with Crippen LogP contribution in [0.5, 0.6) is 0 Å². The second kappa shape index (κ2) is 11.6. The molecule has 1 saturated carbocycles. The van der Waals surface area contributed by atoms with Crippen molar-refractivity contribution in [3.05, 3.63) is 82.4 Å². The van der Waals surface area contributed by atoms with E-state index in [1.807, 2.05) is 24.3 Å². The Morgan fingerprint density at radius 2 is 1.36 bits per heavy atom. The summed E-state index contributed by atoms with van der Waals surface area (Å²) in [7, 11) is 0. The van der Waals surface area contributed by atoms with E-state index in [9.17, 15) is 19.8 Å². The number of carboxylic acids is 2. The lowest BCUT2D eigenvalue weighted by atomic mass is 9.74. The third kappa shape index (κ3) is 5.09. The number of carbonyl (C=O) groups is 2. The largest absolute Gasteiger partial charge is 0.478 e. The maximum absolute atomic E-state index is 12.4. The van der Waals surface area contributed by atoms with Gasteiger partial charge in [-0.25, -0.2) is 9.59 Å². The number of hydrogen-bond donors (Lipinski definition) is 2. The van der Waals surface area contributed by atoms with E-state index in [0.717, 1.165) is 55.2 Å². The molecule has 4 heteroatoms. The molecule has 0 aromatic heterocycles. The molecule has 0 radical (unpaired) electrons. The molecule has 1 aliphatic rings. The highest BCUT2D eigenvalue weighted by atomic mass is 16.4. The molecule has 188 valence electrons. The van der Waals surface area contributed by atoms with E-state index in [1.165, 1.54) is 30.4 Å². The Balaban J connectivity index is 2.16. The molecule has 3 aromatic carbocycles. The second-order valence-electron chi connectivity index (χ2n) is 9.85. The Labute approximate surface area is 214 Å². The van der Waals surface area contributed by atoms with Crippen LogP contribution >= 0.6 is 0 Å². The molecule has 0 aliphatic heterocycles. The van der Waals surface area contributed by atoms with Gasteiger partial charge < -0.3 is 10.2 Å². The van der Waals surface area contributed by atoms with Gasteiger partial charge in [0.1, 0.15) is 0 Å². The van der Waals surface area contributed by atoms with Gasteiger partial charge in [0, 0.05) is 0 Å². The molecule has 1 fully saturated rings. The van der Waals surface area contributed by atoms with Gasteiger partial charge in [-0.15, -0.1) is 0 Å². The van der Waals surface area contributed by atoms with E-state index in [2.05, 4.69) is 19.9 Å². The molecule has 0 unspecified atom stereocenters. The third-order valence-electron chi connectivity index (χ3n) is 7.61. The molecule has 2 N–H and O–H groups in total. The monoisotopic (exact) mass is 484 g/mol. The van der Waals surface area contributed by atoms with Crippen molar-refractivity contribution in [2.45, 2.75) is 77.6 Å². The van der Waals surface area contributed by atoms with E-state index in [0.29, 0.717) is 17.0 Å². The summed E-state index contributed by atoms with van der Waals surface area (Å²) < 4.78 is 0. The average molecular weight is 485 g/mol. The fraction of sp³-hybridized carbons (Fsp3) is 0.375. The van der Waals surface area contributed by atoms with Crippen LogP contribution in [-0.2, 0) is 12.8 Å². The molecule has 4 rings (SSSR count). The number of unbranched alkanes of at least 4 members (excludes halogenated alkanes) is 1. The van der Waals surface area contributed by atoms with E-state index in [4.69, 9.17) is 0 Å². The van der Waals surface area contributed by atoms with Crippen LogP contribution in [-0.4, -0.2) is 22.2 Å². The van der Waals surface area contributed by atoms with E-state index >= 15 is 0 Å². The number of aryl methyl sites for hydroxylation is 1. The number of aromatic carboxylic acids is 2. The van der Waals surface area contributed by atoms with Crippen LogP contribution in [0.3, 0.4) is 0 Å². The van der Waals surface area contributed by atoms with Gasteiger partial charge in [-0.3, -0.25) is 0 Å². The lowest BCUT2D eigenvalue weighted by Gasteiger charge is -2.30. The lowest BCUT2D eigenvalue weighted by Crippen LogP contribution is -2.13. The maximum Gasteiger partial charge on any atom is 0.336 e. The van der Waals surface area contributed by atoms with E-state index in [-0.39, 0.29) is 11.1 Å². The molecule has 0 spiro atoms. The normalized spacial score (nSPS) is 14.1. The van der Waals surface area contributed by atoms with Crippen molar-refractivity contribution >= 4 is 11.9 Å². The van der Waals surface area contributed by atoms with Gasteiger partial charge in [0.2, 0.25) is 0 Å². The van der Waals surface area contributed by atoms with Crippen LogP contribution < -0.4 is 0 Å². The number of benzene rings is 3. The highest BCUT2D eigenvalue weighted by Gasteiger charge is 2.28. The third-order valence-corrected chi connectivity index (χ3v) is 7.61. The van der Waals surface area contributed by atoms with Gasteiger partial charge in [-0.2, -0.15) is 0 Å². The smallest absolute Gasteiger partial charge is 0.336 e. The summed E-state index contributed by atoms with van der Waals surface area (Å²) in [5, 5.41) is 20.2. The van der Waals surface area contributed by atoms with Crippen molar-refractivity contribution < 1.29 is 19.8 Å². The minimum absolute atomic E-state index is 0.244. The maximum atomic E-state index is 12.4. The second-order valence-corrected chi connectivity index (χ2v) is 9.85. The Hall–Kier alpha value is -3.40. The standard InChI is InChI=1S/C32H36O4/c1-3-5-15-25-28(22-13-7-6-8-14-22)20-21(4-2)29(23-16-9-11-18-26(23)31(33)34)30(25)24-17-10-12-19-27(24)32(35)36/h9-12,16-20,22H,3-8,13-15H2,1-2H3,(H,33,34)(H,35,36). The Morgan fingerprint density at radius 3 is 1.89 bits per heavy atom. The van der Waals surface area contributed by atoms with Crippen LogP contribution in [0.1, 0.15) is 102 Å². The first-order chi connectivity index (χ1) is 17.5. The molecule has 0 heterocycles. The summed E-state index contributed by atoms with van der Waals surface area (Å²) in [5.41, 5.74) is 7.24. The molecular formula is C32H36O4. The quantitative estimate of drug-likeness (QED) is 0.320. The van der Waals surface area contributed by atoms with E-state index < -0.39 is 11.9 Å². The van der Waals surface area contributed by atoms with Gasteiger partial charge in [0.15, 0.2) is 0 Å². The summed E-state index contributed by atoms with van der Waals surface area (Å²) >= 11 is 0. The molecule has 4 nitrogen and oxygen atoms in total. The van der Waals surface area contributed by atoms with Crippen LogP contribution in [0.4, 0.5) is 0 Å². The topological polar surface area (TPSA) is 74.6 Å². The number of rotatable bonds is 9. The van der Waals surface area contributed by atoms with E-state index in [1.54, 1.807) is 24.3 Å². The Kier molecular flexibility index (Phi) is 8.25. The highest BCUT2D eigenvalue weighted by molar-refractivity contribution is 6.04. The fourth-order valence-electron chi connectivity index (χ4n) is 5.86. The molecule has 36 heavy (non-hydrogen) atoms. The van der Waals surface area contributed by atoms with Crippen LogP contribution in [0.2, 0.25) is 0 Å².